The van der Waals surface area contributed by atoms with Crippen molar-refractivity contribution in [2.24, 2.45) is 5.41 Å². The minimum atomic E-state index is 0.397. The van der Waals surface area contributed by atoms with Crippen molar-refractivity contribution in [2.45, 2.75) is 45.7 Å². The summed E-state index contributed by atoms with van der Waals surface area (Å²) < 4.78 is 11.1. The van der Waals surface area contributed by atoms with Gasteiger partial charge < -0.3 is 9.47 Å². The van der Waals surface area contributed by atoms with Gasteiger partial charge in [0.15, 0.2) is 11.5 Å². The number of nitrogens with zero attached hydrogens (tertiary/aromatic N) is 4. The van der Waals surface area contributed by atoms with Gasteiger partial charge in [-0.1, -0.05) is 19.1 Å². The van der Waals surface area contributed by atoms with Crippen LogP contribution in [0.5, 0.6) is 11.5 Å². The van der Waals surface area contributed by atoms with Crippen LogP contribution in [-0.4, -0.2) is 60.2 Å². The highest BCUT2D eigenvalue weighted by atomic mass is 16.5. The first-order valence-corrected chi connectivity index (χ1v) is 11.1. The molecule has 0 saturated carbocycles. The van der Waals surface area contributed by atoms with Crippen LogP contribution in [0, 0.1) is 5.41 Å². The Labute approximate surface area is 180 Å². The molecule has 1 spiro atoms. The Balaban J connectivity index is 1.39. The lowest BCUT2D eigenvalue weighted by molar-refractivity contribution is 0.0859. The molecule has 2 fully saturated rings. The van der Waals surface area contributed by atoms with Gasteiger partial charge in [0.1, 0.15) is 5.82 Å². The Morgan fingerprint density at radius 3 is 2.43 bits per heavy atom. The van der Waals surface area contributed by atoms with E-state index in [0.717, 1.165) is 63.0 Å². The maximum absolute atomic E-state index is 5.65. The summed E-state index contributed by atoms with van der Waals surface area (Å²) >= 11 is 0. The summed E-state index contributed by atoms with van der Waals surface area (Å²) in [4.78, 5) is 14.1. The molecule has 2 aliphatic rings. The topological polar surface area (TPSA) is 50.7 Å². The van der Waals surface area contributed by atoms with Gasteiger partial charge in [0.05, 0.1) is 14.2 Å². The number of rotatable bonds is 7. The van der Waals surface area contributed by atoms with Gasteiger partial charge in [0.25, 0.3) is 0 Å². The number of hydrogen-bond acceptors (Lipinski definition) is 6. The molecule has 30 heavy (non-hydrogen) atoms. The lowest BCUT2D eigenvalue weighted by Gasteiger charge is -2.40. The lowest BCUT2D eigenvalue weighted by Crippen LogP contribution is -2.44. The van der Waals surface area contributed by atoms with E-state index in [-0.39, 0.29) is 0 Å². The zero-order chi connectivity index (χ0) is 21.0. The first-order valence-electron chi connectivity index (χ1n) is 11.1. The van der Waals surface area contributed by atoms with E-state index in [1.165, 1.54) is 30.4 Å². The third-order valence-electron chi connectivity index (χ3n) is 6.62. The zero-order valence-electron chi connectivity index (χ0n) is 18.6. The molecule has 0 radical (unpaired) electrons. The van der Waals surface area contributed by atoms with E-state index >= 15 is 0 Å². The highest BCUT2D eigenvalue weighted by molar-refractivity contribution is 5.46. The van der Waals surface area contributed by atoms with Crippen LogP contribution in [0.2, 0.25) is 0 Å². The van der Waals surface area contributed by atoms with Gasteiger partial charge >= 0.3 is 0 Å². The van der Waals surface area contributed by atoms with Crippen molar-refractivity contribution in [2.75, 3.05) is 40.4 Å². The Hall–Kier alpha value is -2.18. The van der Waals surface area contributed by atoms with E-state index in [9.17, 15) is 0 Å². The molecule has 2 aliphatic heterocycles. The Kier molecular flexibility index (Phi) is 6.54. The summed E-state index contributed by atoms with van der Waals surface area (Å²) in [6, 6.07) is 6.18. The molecule has 3 heterocycles. The summed E-state index contributed by atoms with van der Waals surface area (Å²) in [6.45, 7) is 8.57. The van der Waals surface area contributed by atoms with Gasteiger partial charge in [0.2, 0.25) is 0 Å². The number of methoxy groups -OCH3 is 2. The minimum absolute atomic E-state index is 0.397. The number of likely N-dealkylation sites (tertiary alicyclic amines) is 2. The molecule has 6 heteroatoms. The number of piperidine rings is 1. The van der Waals surface area contributed by atoms with E-state index in [1.54, 1.807) is 14.2 Å². The summed E-state index contributed by atoms with van der Waals surface area (Å²) in [5.41, 5.74) is 2.82. The summed E-state index contributed by atoms with van der Waals surface area (Å²) in [5.74, 6) is 2.60. The van der Waals surface area contributed by atoms with Gasteiger partial charge in [0, 0.05) is 56.1 Å². The molecule has 4 rings (SSSR count). The summed E-state index contributed by atoms with van der Waals surface area (Å²) in [7, 11) is 3.43. The van der Waals surface area contributed by atoms with Crippen molar-refractivity contribution in [3.05, 3.63) is 47.5 Å². The third kappa shape index (κ3) is 4.60. The molecule has 0 bridgehead atoms. The number of benzene rings is 1. The van der Waals surface area contributed by atoms with E-state index in [0.29, 0.717) is 5.41 Å². The molecule has 0 N–H and O–H groups in total. The monoisotopic (exact) mass is 410 g/mol. The standard InChI is InChI=1S/C24H34N4O2/c1-4-22-25-13-19(14-26-22)15-28-12-10-24(18-28)9-6-11-27(17-24)16-20-7-5-8-21(29-2)23(20)30-3/h5,7-8,13-14H,4,6,9-12,15-18H2,1-3H3. The van der Waals surface area contributed by atoms with Crippen LogP contribution < -0.4 is 9.47 Å². The van der Waals surface area contributed by atoms with E-state index < -0.39 is 0 Å². The van der Waals surface area contributed by atoms with Crippen molar-refractivity contribution in [3.63, 3.8) is 0 Å². The first-order chi connectivity index (χ1) is 14.6. The molecule has 0 amide bonds. The number of aryl methyl sites for hydroxylation is 1. The average molecular weight is 411 g/mol. The fraction of sp³-hybridized carbons (Fsp3) is 0.583. The SMILES string of the molecule is CCc1ncc(CN2CCC3(CCCN(Cc4cccc(OC)c4OC)C3)C2)cn1. The van der Waals surface area contributed by atoms with Crippen molar-refractivity contribution in [1.82, 2.24) is 19.8 Å². The normalized spacial score (nSPS) is 22.5. The molecule has 2 aromatic rings. The van der Waals surface area contributed by atoms with Crippen molar-refractivity contribution in [3.8, 4) is 11.5 Å². The lowest BCUT2D eigenvalue weighted by atomic mass is 9.79. The maximum Gasteiger partial charge on any atom is 0.165 e. The number of ether oxygens (including phenoxy) is 2. The van der Waals surface area contributed by atoms with E-state index in [2.05, 4.69) is 38.8 Å². The fourth-order valence-corrected chi connectivity index (χ4v) is 5.16. The number of aromatic nitrogens is 2. The predicted molar refractivity (Wildman–Crippen MR) is 118 cm³/mol. The van der Waals surface area contributed by atoms with Gasteiger partial charge in [-0.2, -0.15) is 0 Å². The summed E-state index contributed by atoms with van der Waals surface area (Å²) in [6.07, 6.45) is 8.74. The number of para-hydroxylation sites is 1. The molecule has 6 nitrogen and oxygen atoms in total. The Morgan fingerprint density at radius 2 is 1.73 bits per heavy atom. The molecule has 1 unspecified atom stereocenters. The molecule has 0 aliphatic carbocycles. The third-order valence-corrected chi connectivity index (χ3v) is 6.62. The second kappa shape index (κ2) is 9.31. The molecule has 1 aromatic carbocycles. The quantitative estimate of drug-likeness (QED) is 0.696. The smallest absolute Gasteiger partial charge is 0.165 e. The van der Waals surface area contributed by atoms with Crippen LogP contribution >= 0.6 is 0 Å². The van der Waals surface area contributed by atoms with Crippen molar-refractivity contribution >= 4 is 0 Å². The van der Waals surface area contributed by atoms with Crippen LogP contribution in [0.15, 0.2) is 30.6 Å². The van der Waals surface area contributed by atoms with Crippen LogP contribution in [-0.2, 0) is 19.5 Å². The average Bonchev–Trinajstić information content (AvgIpc) is 3.15. The van der Waals surface area contributed by atoms with Gasteiger partial charge in [-0.05, 0) is 43.8 Å². The van der Waals surface area contributed by atoms with Gasteiger partial charge in [-0.3, -0.25) is 9.80 Å². The van der Waals surface area contributed by atoms with E-state index in [4.69, 9.17) is 9.47 Å². The van der Waals surface area contributed by atoms with E-state index in [1.807, 2.05) is 18.5 Å². The number of hydrogen-bond donors (Lipinski definition) is 0. The van der Waals surface area contributed by atoms with Crippen molar-refractivity contribution in [1.29, 1.82) is 0 Å². The van der Waals surface area contributed by atoms with Crippen LogP contribution in [0.3, 0.4) is 0 Å². The molecular weight excluding hydrogens is 376 g/mol. The molecule has 2 saturated heterocycles. The van der Waals surface area contributed by atoms with Crippen molar-refractivity contribution < 1.29 is 9.47 Å². The second-order valence-electron chi connectivity index (χ2n) is 8.79. The fourth-order valence-electron chi connectivity index (χ4n) is 5.16. The summed E-state index contributed by atoms with van der Waals surface area (Å²) in [5, 5.41) is 0. The second-order valence-corrected chi connectivity index (χ2v) is 8.79. The van der Waals surface area contributed by atoms with Gasteiger partial charge in [-0.15, -0.1) is 0 Å². The first kappa shape index (κ1) is 21.1. The largest absolute Gasteiger partial charge is 0.493 e. The van der Waals surface area contributed by atoms with Gasteiger partial charge in [-0.25, -0.2) is 9.97 Å². The highest BCUT2D eigenvalue weighted by Crippen LogP contribution is 2.40. The maximum atomic E-state index is 5.65. The zero-order valence-corrected chi connectivity index (χ0v) is 18.6. The molecule has 162 valence electrons. The molecular formula is C24H34N4O2. The minimum Gasteiger partial charge on any atom is -0.493 e. The Bertz CT molecular complexity index is 842. The highest BCUT2D eigenvalue weighted by Gasteiger charge is 2.41. The van der Waals surface area contributed by atoms with Crippen LogP contribution in [0.4, 0.5) is 0 Å². The Morgan fingerprint density at radius 1 is 0.967 bits per heavy atom. The molecule has 1 atom stereocenters. The van der Waals surface area contributed by atoms with Crippen LogP contribution in [0.25, 0.3) is 0 Å². The molecule has 1 aromatic heterocycles. The van der Waals surface area contributed by atoms with Crippen LogP contribution in [0.1, 0.15) is 43.1 Å². The predicted octanol–water partition coefficient (Wildman–Crippen LogP) is 3.54.